The molecular formula is C13H11FIN. The van der Waals surface area contributed by atoms with E-state index in [0.717, 1.165) is 9.26 Å². The van der Waals surface area contributed by atoms with Gasteiger partial charge in [-0.1, -0.05) is 30.3 Å². The fraction of sp³-hybridized carbons (Fsp3) is 0.0769. The van der Waals surface area contributed by atoms with E-state index in [1.807, 2.05) is 30.3 Å². The Bertz CT molecular complexity index is 439. The van der Waals surface area contributed by atoms with Crippen LogP contribution in [0, 0.1) is 9.39 Å². The predicted molar refractivity (Wildman–Crippen MR) is 72.9 cm³/mol. The predicted octanol–water partition coefficient (Wildman–Crippen LogP) is 4.04. The zero-order valence-electron chi connectivity index (χ0n) is 8.58. The maximum atomic E-state index is 13.4. The topological polar surface area (TPSA) is 12.0 Å². The van der Waals surface area contributed by atoms with Crippen LogP contribution in [0.1, 0.15) is 5.56 Å². The molecule has 0 fully saturated rings. The van der Waals surface area contributed by atoms with E-state index in [9.17, 15) is 4.39 Å². The van der Waals surface area contributed by atoms with Crippen molar-refractivity contribution in [3.63, 3.8) is 0 Å². The first kappa shape index (κ1) is 11.4. The van der Waals surface area contributed by atoms with E-state index in [-0.39, 0.29) is 5.82 Å². The third kappa shape index (κ3) is 2.72. The Labute approximate surface area is 108 Å². The molecule has 0 aliphatic carbocycles. The number of rotatable bonds is 3. The van der Waals surface area contributed by atoms with Crippen molar-refractivity contribution in [2.75, 3.05) is 5.32 Å². The second kappa shape index (κ2) is 5.30. The van der Waals surface area contributed by atoms with Crippen LogP contribution in [-0.4, -0.2) is 0 Å². The summed E-state index contributed by atoms with van der Waals surface area (Å²) in [5, 5.41) is 3.22. The van der Waals surface area contributed by atoms with Gasteiger partial charge in [0.15, 0.2) is 0 Å². The van der Waals surface area contributed by atoms with Gasteiger partial charge in [-0.2, -0.15) is 0 Å². The minimum atomic E-state index is -0.166. The maximum absolute atomic E-state index is 13.4. The van der Waals surface area contributed by atoms with Crippen molar-refractivity contribution in [1.82, 2.24) is 0 Å². The average Bonchev–Trinajstić information content (AvgIpc) is 2.30. The van der Waals surface area contributed by atoms with Gasteiger partial charge in [-0.3, -0.25) is 0 Å². The van der Waals surface area contributed by atoms with Crippen molar-refractivity contribution < 1.29 is 4.39 Å². The van der Waals surface area contributed by atoms with Crippen LogP contribution in [0.2, 0.25) is 0 Å². The van der Waals surface area contributed by atoms with E-state index in [2.05, 4.69) is 27.9 Å². The van der Waals surface area contributed by atoms with Crippen molar-refractivity contribution in [2.24, 2.45) is 0 Å². The lowest BCUT2D eigenvalue weighted by Crippen LogP contribution is -2.02. The van der Waals surface area contributed by atoms with Crippen molar-refractivity contribution in [3.05, 3.63) is 63.5 Å². The van der Waals surface area contributed by atoms with Crippen LogP contribution in [0.4, 0.5) is 10.1 Å². The van der Waals surface area contributed by atoms with Crippen LogP contribution in [0.25, 0.3) is 0 Å². The van der Waals surface area contributed by atoms with E-state index >= 15 is 0 Å². The summed E-state index contributed by atoms with van der Waals surface area (Å²) in [5.41, 5.74) is 1.72. The molecule has 0 aliphatic heterocycles. The Balaban J connectivity index is 2.09. The minimum Gasteiger partial charge on any atom is -0.380 e. The molecule has 0 spiro atoms. The Kier molecular flexibility index (Phi) is 3.77. The van der Waals surface area contributed by atoms with Crippen LogP contribution < -0.4 is 5.32 Å². The summed E-state index contributed by atoms with van der Waals surface area (Å²) in [6.45, 7) is 0.507. The molecule has 1 N–H and O–H groups in total. The highest BCUT2D eigenvalue weighted by molar-refractivity contribution is 14.1. The van der Waals surface area contributed by atoms with Gasteiger partial charge >= 0.3 is 0 Å². The molecule has 0 amide bonds. The smallest absolute Gasteiger partial charge is 0.128 e. The van der Waals surface area contributed by atoms with Gasteiger partial charge < -0.3 is 5.32 Å². The maximum Gasteiger partial charge on any atom is 0.128 e. The Morgan fingerprint density at radius 2 is 1.69 bits per heavy atom. The van der Waals surface area contributed by atoms with Gasteiger partial charge in [0.2, 0.25) is 0 Å². The fourth-order valence-electron chi connectivity index (χ4n) is 1.44. The van der Waals surface area contributed by atoms with Gasteiger partial charge in [0.1, 0.15) is 5.82 Å². The molecule has 0 saturated heterocycles. The number of nitrogens with one attached hydrogen (secondary N) is 1. The zero-order chi connectivity index (χ0) is 11.4. The van der Waals surface area contributed by atoms with E-state index in [4.69, 9.17) is 0 Å². The molecule has 3 heteroatoms. The molecule has 0 bridgehead atoms. The SMILES string of the molecule is Fc1ccccc1CNc1ccccc1I. The number of benzene rings is 2. The van der Waals surface area contributed by atoms with Gasteiger partial charge in [-0.05, 0) is 40.8 Å². The van der Waals surface area contributed by atoms with Crippen molar-refractivity contribution in [3.8, 4) is 0 Å². The number of hydrogen-bond donors (Lipinski definition) is 1. The monoisotopic (exact) mass is 327 g/mol. The summed E-state index contributed by atoms with van der Waals surface area (Å²) in [6.07, 6.45) is 0. The molecule has 1 nitrogen and oxygen atoms in total. The molecule has 0 aromatic heterocycles. The van der Waals surface area contributed by atoms with Gasteiger partial charge in [0.05, 0.1) is 0 Å². The highest BCUT2D eigenvalue weighted by Crippen LogP contribution is 2.18. The quantitative estimate of drug-likeness (QED) is 0.839. The molecule has 0 unspecified atom stereocenters. The first-order valence-electron chi connectivity index (χ1n) is 4.99. The first-order valence-corrected chi connectivity index (χ1v) is 6.07. The van der Waals surface area contributed by atoms with Gasteiger partial charge in [-0.15, -0.1) is 0 Å². The van der Waals surface area contributed by atoms with Gasteiger partial charge in [-0.25, -0.2) is 4.39 Å². The third-order valence-corrected chi connectivity index (χ3v) is 3.24. The molecule has 0 atom stereocenters. The Morgan fingerprint density at radius 1 is 1.00 bits per heavy atom. The molecule has 16 heavy (non-hydrogen) atoms. The highest BCUT2D eigenvalue weighted by atomic mass is 127. The van der Waals surface area contributed by atoms with Crippen molar-refractivity contribution in [1.29, 1.82) is 0 Å². The minimum absolute atomic E-state index is 0.166. The molecule has 0 saturated carbocycles. The van der Waals surface area contributed by atoms with Gasteiger partial charge in [0.25, 0.3) is 0 Å². The van der Waals surface area contributed by atoms with E-state index in [1.165, 1.54) is 6.07 Å². The van der Waals surface area contributed by atoms with Gasteiger partial charge in [0, 0.05) is 21.4 Å². The largest absolute Gasteiger partial charge is 0.380 e. The standard InChI is InChI=1S/C13H11FIN/c14-11-6-2-1-5-10(11)9-16-13-8-4-3-7-12(13)15/h1-8,16H,9H2. The third-order valence-electron chi connectivity index (χ3n) is 2.30. The number of halogens is 2. The lowest BCUT2D eigenvalue weighted by Gasteiger charge is -2.08. The van der Waals surface area contributed by atoms with E-state index in [1.54, 1.807) is 12.1 Å². The summed E-state index contributed by atoms with van der Waals surface area (Å²) >= 11 is 2.26. The summed E-state index contributed by atoms with van der Waals surface area (Å²) in [5.74, 6) is -0.166. The summed E-state index contributed by atoms with van der Waals surface area (Å²) in [6, 6.07) is 14.8. The van der Waals surface area contributed by atoms with Crippen LogP contribution in [-0.2, 0) is 6.54 Å². The number of anilines is 1. The Morgan fingerprint density at radius 3 is 2.44 bits per heavy atom. The molecule has 2 rings (SSSR count). The highest BCUT2D eigenvalue weighted by Gasteiger charge is 2.01. The van der Waals surface area contributed by atoms with Crippen LogP contribution in [0.5, 0.6) is 0 Å². The van der Waals surface area contributed by atoms with Crippen molar-refractivity contribution in [2.45, 2.75) is 6.54 Å². The van der Waals surface area contributed by atoms with Crippen LogP contribution >= 0.6 is 22.6 Å². The second-order valence-corrected chi connectivity index (χ2v) is 4.59. The van der Waals surface area contributed by atoms with E-state index in [0.29, 0.717) is 12.1 Å². The van der Waals surface area contributed by atoms with Crippen LogP contribution in [0.3, 0.4) is 0 Å². The summed E-state index contributed by atoms with van der Waals surface area (Å²) in [4.78, 5) is 0. The lowest BCUT2D eigenvalue weighted by molar-refractivity contribution is 0.613. The first-order chi connectivity index (χ1) is 7.77. The fourth-order valence-corrected chi connectivity index (χ4v) is 2.01. The summed E-state index contributed by atoms with van der Waals surface area (Å²) < 4.78 is 14.5. The number of hydrogen-bond acceptors (Lipinski definition) is 1. The normalized spacial score (nSPS) is 10.1. The molecule has 82 valence electrons. The molecule has 2 aromatic rings. The zero-order valence-corrected chi connectivity index (χ0v) is 10.7. The molecule has 0 radical (unpaired) electrons. The van der Waals surface area contributed by atoms with Crippen LogP contribution in [0.15, 0.2) is 48.5 Å². The summed E-state index contributed by atoms with van der Waals surface area (Å²) in [7, 11) is 0. The lowest BCUT2D eigenvalue weighted by atomic mass is 10.2. The van der Waals surface area contributed by atoms with E-state index < -0.39 is 0 Å². The van der Waals surface area contributed by atoms with Crippen molar-refractivity contribution >= 4 is 28.3 Å². The molecule has 0 aliphatic rings. The Hall–Kier alpha value is -1.10. The average molecular weight is 327 g/mol. The molecular weight excluding hydrogens is 316 g/mol. The molecule has 2 aromatic carbocycles. The second-order valence-electron chi connectivity index (χ2n) is 3.42. The number of para-hydroxylation sites is 1. The molecule has 0 heterocycles.